The average molecular weight is 263 g/mol. The van der Waals surface area contributed by atoms with E-state index in [1.54, 1.807) is 0 Å². The van der Waals surface area contributed by atoms with Crippen LogP contribution in [0.3, 0.4) is 0 Å². The van der Waals surface area contributed by atoms with E-state index in [4.69, 9.17) is 0 Å². The maximum absolute atomic E-state index is 4.11. The molecule has 0 saturated heterocycles. The fourth-order valence-corrected chi connectivity index (χ4v) is 2.89. The second kappa shape index (κ2) is 4.17. The molecule has 0 amide bonds. The predicted molar refractivity (Wildman–Crippen MR) is 80.7 cm³/mol. The van der Waals surface area contributed by atoms with Crippen LogP contribution < -0.4 is 0 Å². The van der Waals surface area contributed by atoms with Crippen molar-refractivity contribution in [2.45, 2.75) is 32.7 Å². The van der Waals surface area contributed by atoms with Crippen LogP contribution in [0.2, 0.25) is 0 Å². The number of fused-ring (bicyclic) bond motifs is 1. The summed E-state index contributed by atoms with van der Waals surface area (Å²) in [6.45, 7) is 4.15. The molecule has 0 bridgehead atoms. The largest absolute Gasteiger partial charge is 0.337 e. The summed E-state index contributed by atoms with van der Waals surface area (Å²) >= 11 is 0. The molecule has 0 aliphatic heterocycles. The molecule has 2 aromatic heterocycles. The van der Waals surface area contributed by atoms with Crippen LogP contribution in [0.1, 0.15) is 30.1 Å². The first-order chi connectivity index (χ1) is 9.72. The summed E-state index contributed by atoms with van der Waals surface area (Å²) < 4.78 is 2.48. The Hall–Kier alpha value is -2.16. The van der Waals surface area contributed by atoms with Gasteiger partial charge in [-0.3, -0.25) is 0 Å². The lowest BCUT2D eigenvalue weighted by molar-refractivity contribution is 0.782. The van der Waals surface area contributed by atoms with Crippen molar-refractivity contribution in [3.05, 3.63) is 47.8 Å². The summed E-state index contributed by atoms with van der Waals surface area (Å²) in [6, 6.07) is 11.7. The van der Waals surface area contributed by atoms with Crippen LogP contribution in [0.15, 0.2) is 36.5 Å². The van der Waals surface area contributed by atoms with Crippen molar-refractivity contribution in [3.8, 4) is 11.3 Å². The van der Waals surface area contributed by atoms with E-state index >= 15 is 0 Å². The van der Waals surface area contributed by atoms with Crippen molar-refractivity contribution < 1.29 is 0 Å². The van der Waals surface area contributed by atoms with Crippen molar-refractivity contribution in [2.75, 3.05) is 0 Å². The quantitative estimate of drug-likeness (QED) is 0.698. The van der Waals surface area contributed by atoms with Gasteiger partial charge in [-0.2, -0.15) is 10.2 Å². The molecule has 0 spiro atoms. The summed E-state index contributed by atoms with van der Waals surface area (Å²) in [6.07, 6.45) is 4.43. The van der Waals surface area contributed by atoms with Crippen molar-refractivity contribution in [1.82, 2.24) is 14.8 Å². The monoisotopic (exact) mass is 263 g/mol. The maximum atomic E-state index is 4.11. The molecule has 1 aliphatic carbocycles. The minimum atomic E-state index is 0.651. The fourth-order valence-electron chi connectivity index (χ4n) is 2.89. The first kappa shape index (κ1) is 11.6. The number of aryl methyl sites for hydroxylation is 2. The molecule has 3 aromatic rings. The van der Waals surface area contributed by atoms with E-state index in [1.165, 1.54) is 40.6 Å². The molecule has 20 heavy (non-hydrogen) atoms. The summed E-state index contributed by atoms with van der Waals surface area (Å²) in [5.41, 5.74) is 6.06. The van der Waals surface area contributed by atoms with Gasteiger partial charge in [-0.05, 0) is 50.5 Å². The van der Waals surface area contributed by atoms with Crippen LogP contribution in [0.5, 0.6) is 0 Å². The number of hydrogen-bond donors (Lipinski definition) is 0. The molecule has 0 unspecified atom stereocenters. The van der Waals surface area contributed by atoms with Crippen LogP contribution in [0.25, 0.3) is 22.2 Å². The first-order valence-corrected chi connectivity index (χ1v) is 7.14. The van der Waals surface area contributed by atoms with Gasteiger partial charge < -0.3 is 4.57 Å². The van der Waals surface area contributed by atoms with E-state index in [0.29, 0.717) is 6.04 Å². The van der Waals surface area contributed by atoms with Gasteiger partial charge in [0.15, 0.2) is 0 Å². The molecule has 1 aromatic carbocycles. The normalized spacial score (nSPS) is 14.9. The van der Waals surface area contributed by atoms with Crippen LogP contribution in [0.4, 0.5) is 0 Å². The lowest BCUT2D eigenvalue weighted by Crippen LogP contribution is -1.98. The van der Waals surface area contributed by atoms with Crippen molar-refractivity contribution >= 4 is 10.9 Å². The summed E-state index contributed by atoms with van der Waals surface area (Å²) in [5, 5.41) is 9.48. The van der Waals surface area contributed by atoms with E-state index < -0.39 is 0 Å². The Kier molecular flexibility index (Phi) is 2.43. The Labute approximate surface area is 118 Å². The van der Waals surface area contributed by atoms with E-state index in [-0.39, 0.29) is 0 Å². The van der Waals surface area contributed by atoms with Gasteiger partial charge in [0.2, 0.25) is 0 Å². The van der Waals surface area contributed by atoms with Gasteiger partial charge in [-0.1, -0.05) is 12.1 Å². The number of hydrogen-bond acceptors (Lipinski definition) is 2. The molecule has 0 atom stereocenters. The third kappa shape index (κ3) is 1.82. The van der Waals surface area contributed by atoms with Crippen LogP contribution in [-0.4, -0.2) is 14.8 Å². The highest BCUT2D eigenvalue weighted by atomic mass is 15.1. The van der Waals surface area contributed by atoms with Gasteiger partial charge in [0.1, 0.15) is 0 Å². The minimum absolute atomic E-state index is 0.651. The van der Waals surface area contributed by atoms with Gasteiger partial charge in [0.25, 0.3) is 0 Å². The highest BCUT2D eigenvalue weighted by Crippen LogP contribution is 2.42. The zero-order chi connectivity index (χ0) is 13.7. The molecule has 1 saturated carbocycles. The highest BCUT2D eigenvalue weighted by Gasteiger charge is 2.27. The Balaban J connectivity index is 2.01. The molecule has 0 radical (unpaired) electrons. The zero-order valence-corrected chi connectivity index (χ0v) is 11.8. The summed E-state index contributed by atoms with van der Waals surface area (Å²) in [5.74, 6) is 0. The Bertz CT molecular complexity index is 797. The standard InChI is InChI=1S/C17H17N3/c1-11-3-4-13-9-17(14-8-12(2)19-18-10-14)20(15-5-6-15)16(13)7-11/h3-4,7-10,15H,5-6H2,1-2H3. The molecule has 1 aliphatic rings. The van der Waals surface area contributed by atoms with Crippen LogP contribution in [0, 0.1) is 13.8 Å². The number of nitrogens with zero attached hydrogens (tertiary/aromatic N) is 3. The number of benzene rings is 1. The molecule has 2 heterocycles. The fraction of sp³-hybridized carbons (Fsp3) is 0.294. The first-order valence-electron chi connectivity index (χ1n) is 7.14. The number of rotatable bonds is 2. The lowest BCUT2D eigenvalue weighted by atomic mass is 10.1. The minimum Gasteiger partial charge on any atom is -0.337 e. The summed E-state index contributed by atoms with van der Waals surface area (Å²) in [4.78, 5) is 0. The molecule has 3 nitrogen and oxygen atoms in total. The molecular formula is C17H17N3. The van der Waals surface area contributed by atoms with Gasteiger partial charge in [0.05, 0.1) is 17.6 Å². The molecule has 0 N–H and O–H groups in total. The number of aromatic nitrogens is 3. The molecular weight excluding hydrogens is 246 g/mol. The SMILES string of the molecule is Cc1ccc2cc(-c3cnnc(C)c3)n(C3CC3)c2c1. The van der Waals surface area contributed by atoms with Crippen LogP contribution >= 0.6 is 0 Å². The van der Waals surface area contributed by atoms with E-state index in [9.17, 15) is 0 Å². The third-order valence-electron chi connectivity index (χ3n) is 3.98. The zero-order valence-electron chi connectivity index (χ0n) is 11.8. The molecule has 1 fully saturated rings. The smallest absolute Gasteiger partial charge is 0.0606 e. The van der Waals surface area contributed by atoms with Crippen molar-refractivity contribution in [1.29, 1.82) is 0 Å². The van der Waals surface area contributed by atoms with Gasteiger partial charge >= 0.3 is 0 Å². The van der Waals surface area contributed by atoms with Gasteiger partial charge in [-0.25, -0.2) is 0 Å². The van der Waals surface area contributed by atoms with E-state index in [2.05, 4.69) is 52.0 Å². The Morgan fingerprint density at radius 3 is 2.70 bits per heavy atom. The molecule has 4 rings (SSSR count). The average Bonchev–Trinajstić information content (AvgIpc) is 3.19. The van der Waals surface area contributed by atoms with E-state index in [0.717, 1.165) is 5.69 Å². The van der Waals surface area contributed by atoms with Crippen molar-refractivity contribution in [3.63, 3.8) is 0 Å². The van der Waals surface area contributed by atoms with Crippen molar-refractivity contribution in [2.24, 2.45) is 0 Å². The van der Waals surface area contributed by atoms with E-state index in [1.807, 2.05) is 13.1 Å². The maximum Gasteiger partial charge on any atom is 0.0606 e. The second-order valence-corrected chi connectivity index (χ2v) is 5.78. The highest BCUT2D eigenvalue weighted by molar-refractivity contribution is 5.87. The van der Waals surface area contributed by atoms with Crippen LogP contribution in [-0.2, 0) is 0 Å². The molecule has 3 heteroatoms. The third-order valence-corrected chi connectivity index (χ3v) is 3.98. The topological polar surface area (TPSA) is 30.7 Å². The lowest BCUT2D eigenvalue weighted by Gasteiger charge is -2.10. The Morgan fingerprint density at radius 1 is 1.10 bits per heavy atom. The van der Waals surface area contributed by atoms with Gasteiger partial charge in [-0.15, -0.1) is 0 Å². The second-order valence-electron chi connectivity index (χ2n) is 5.78. The predicted octanol–water partition coefficient (Wildman–Crippen LogP) is 4.05. The summed E-state index contributed by atoms with van der Waals surface area (Å²) in [7, 11) is 0. The molecule has 100 valence electrons. The Morgan fingerprint density at radius 2 is 1.95 bits per heavy atom. The van der Waals surface area contributed by atoms with Gasteiger partial charge in [0, 0.05) is 22.5 Å².